The molecule has 0 aromatic heterocycles. The van der Waals surface area contributed by atoms with Crippen molar-refractivity contribution in [2.45, 2.75) is 30.3 Å². The number of benzene rings is 1. The first-order chi connectivity index (χ1) is 8.34. The molecule has 0 aliphatic carbocycles. The van der Waals surface area contributed by atoms with Crippen molar-refractivity contribution in [1.82, 2.24) is 4.31 Å². The Morgan fingerprint density at radius 2 is 2.00 bits per heavy atom. The van der Waals surface area contributed by atoms with Gasteiger partial charge in [-0.25, -0.2) is 8.42 Å². The van der Waals surface area contributed by atoms with Crippen LogP contribution in [0.3, 0.4) is 0 Å². The minimum Gasteiger partial charge on any atom is -0.326 e. The van der Waals surface area contributed by atoms with Crippen molar-refractivity contribution in [2.75, 3.05) is 6.54 Å². The van der Waals surface area contributed by atoms with Gasteiger partial charge in [-0.2, -0.15) is 4.31 Å². The van der Waals surface area contributed by atoms with E-state index in [4.69, 9.17) is 28.9 Å². The van der Waals surface area contributed by atoms with Gasteiger partial charge in [0.1, 0.15) is 0 Å². The lowest BCUT2D eigenvalue weighted by Gasteiger charge is -2.22. The van der Waals surface area contributed by atoms with Gasteiger partial charge in [0.05, 0.1) is 14.9 Å². The maximum Gasteiger partial charge on any atom is 0.243 e. The van der Waals surface area contributed by atoms with Gasteiger partial charge in [-0.1, -0.05) is 23.2 Å². The van der Waals surface area contributed by atoms with Gasteiger partial charge in [-0.15, -0.1) is 0 Å². The van der Waals surface area contributed by atoms with Gasteiger partial charge in [0, 0.05) is 18.6 Å². The summed E-state index contributed by atoms with van der Waals surface area (Å²) in [5.41, 5.74) is 5.84. The summed E-state index contributed by atoms with van der Waals surface area (Å²) < 4.78 is 26.3. The zero-order valence-electron chi connectivity index (χ0n) is 9.81. The molecule has 0 radical (unpaired) electrons. The van der Waals surface area contributed by atoms with E-state index < -0.39 is 10.0 Å². The zero-order valence-corrected chi connectivity index (χ0v) is 12.1. The van der Waals surface area contributed by atoms with Crippen LogP contribution in [0.1, 0.15) is 13.3 Å². The van der Waals surface area contributed by atoms with Crippen molar-refractivity contribution < 1.29 is 8.42 Å². The number of sulfonamides is 1. The van der Waals surface area contributed by atoms with Crippen LogP contribution in [0.2, 0.25) is 10.0 Å². The van der Waals surface area contributed by atoms with Crippen LogP contribution in [0.25, 0.3) is 0 Å². The van der Waals surface area contributed by atoms with Gasteiger partial charge < -0.3 is 5.73 Å². The molecule has 1 saturated heterocycles. The molecule has 7 heteroatoms. The Kier molecular flexibility index (Phi) is 3.90. The Balaban J connectivity index is 2.39. The molecule has 18 heavy (non-hydrogen) atoms. The van der Waals surface area contributed by atoms with Crippen molar-refractivity contribution in [2.24, 2.45) is 5.73 Å². The van der Waals surface area contributed by atoms with Gasteiger partial charge >= 0.3 is 0 Å². The highest BCUT2D eigenvalue weighted by atomic mass is 35.5. The number of hydrogen-bond acceptors (Lipinski definition) is 3. The topological polar surface area (TPSA) is 63.4 Å². The average molecular weight is 309 g/mol. The molecule has 2 atom stereocenters. The monoisotopic (exact) mass is 308 g/mol. The van der Waals surface area contributed by atoms with E-state index in [0.29, 0.717) is 18.0 Å². The van der Waals surface area contributed by atoms with Crippen molar-refractivity contribution in [1.29, 1.82) is 0 Å². The van der Waals surface area contributed by atoms with E-state index in [1.807, 2.05) is 6.92 Å². The number of nitrogens with two attached hydrogens (primary N) is 1. The summed E-state index contributed by atoms with van der Waals surface area (Å²) in [6, 6.07) is 3.99. The second kappa shape index (κ2) is 4.98. The highest BCUT2D eigenvalue weighted by molar-refractivity contribution is 7.89. The molecule has 0 spiro atoms. The molecular weight excluding hydrogens is 295 g/mol. The third-order valence-corrected chi connectivity index (χ3v) is 5.98. The maximum atomic E-state index is 12.4. The van der Waals surface area contributed by atoms with Crippen LogP contribution in [0.4, 0.5) is 0 Å². The quantitative estimate of drug-likeness (QED) is 0.910. The summed E-state index contributed by atoms with van der Waals surface area (Å²) in [5.74, 6) is 0. The molecular formula is C11H14Cl2N2O2S. The molecule has 100 valence electrons. The molecule has 1 aliphatic heterocycles. The van der Waals surface area contributed by atoms with Gasteiger partial charge in [0.2, 0.25) is 10.0 Å². The minimum absolute atomic E-state index is 0.123. The SMILES string of the molecule is CC1C(N)CCN1S(=O)(=O)c1ccc(Cl)c(Cl)c1. The van der Waals surface area contributed by atoms with E-state index in [0.717, 1.165) is 0 Å². The highest BCUT2D eigenvalue weighted by Crippen LogP contribution is 2.29. The normalized spacial score (nSPS) is 25.6. The van der Waals surface area contributed by atoms with Crippen LogP contribution in [-0.4, -0.2) is 31.4 Å². The molecule has 2 unspecified atom stereocenters. The summed E-state index contributed by atoms with van der Waals surface area (Å²) in [7, 11) is -3.55. The van der Waals surface area contributed by atoms with Crippen LogP contribution in [-0.2, 0) is 10.0 Å². The first kappa shape index (κ1) is 14.1. The van der Waals surface area contributed by atoms with Crippen LogP contribution >= 0.6 is 23.2 Å². The number of halogens is 2. The smallest absolute Gasteiger partial charge is 0.243 e. The first-order valence-corrected chi connectivity index (χ1v) is 7.76. The lowest BCUT2D eigenvalue weighted by Crippen LogP contribution is -2.40. The summed E-state index contributed by atoms with van der Waals surface area (Å²) in [4.78, 5) is 0.151. The highest BCUT2D eigenvalue weighted by Gasteiger charge is 2.37. The fraction of sp³-hybridized carbons (Fsp3) is 0.455. The predicted molar refractivity (Wildman–Crippen MR) is 72.4 cm³/mol. The first-order valence-electron chi connectivity index (χ1n) is 5.56. The van der Waals surface area contributed by atoms with E-state index in [9.17, 15) is 8.42 Å². The second-order valence-corrected chi connectivity index (χ2v) is 7.09. The van der Waals surface area contributed by atoms with E-state index in [2.05, 4.69) is 0 Å². The lowest BCUT2D eigenvalue weighted by atomic mass is 10.2. The number of rotatable bonds is 2. The van der Waals surface area contributed by atoms with Crippen molar-refractivity contribution in [3.05, 3.63) is 28.2 Å². The Bertz CT molecular complexity index is 562. The Morgan fingerprint density at radius 3 is 2.50 bits per heavy atom. The van der Waals surface area contributed by atoms with Gasteiger partial charge in [0.15, 0.2) is 0 Å². The Morgan fingerprint density at radius 1 is 1.33 bits per heavy atom. The summed E-state index contributed by atoms with van der Waals surface area (Å²) in [5, 5.41) is 0.565. The number of nitrogens with zero attached hydrogens (tertiary/aromatic N) is 1. The van der Waals surface area contributed by atoms with E-state index in [1.54, 1.807) is 0 Å². The largest absolute Gasteiger partial charge is 0.326 e. The van der Waals surface area contributed by atoms with E-state index in [-0.39, 0.29) is 22.0 Å². The molecule has 2 rings (SSSR count). The van der Waals surface area contributed by atoms with Crippen molar-refractivity contribution in [3.8, 4) is 0 Å². The molecule has 0 saturated carbocycles. The van der Waals surface area contributed by atoms with Gasteiger partial charge in [-0.3, -0.25) is 0 Å². The van der Waals surface area contributed by atoms with Crippen LogP contribution in [0, 0.1) is 0 Å². The molecule has 0 amide bonds. The molecule has 0 bridgehead atoms. The fourth-order valence-corrected chi connectivity index (χ4v) is 4.13. The van der Waals surface area contributed by atoms with E-state index >= 15 is 0 Å². The van der Waals surface area contributed by atoms with Crippen LogP contribution in [0.15, 0.2) is 23.1 Å². The summed E-state index contributed by atoms with van der Waals surface area (Å²) >= 11 is 11.6. The van der Waals surface area contributed by atoms with Gasteiger partial charge in [0.25, 0.3) is 0 Å². The summed E-state index contributed by atoms with van der Waals surface area (Å²) in [6.07, 6.45) is 0.668. The number of hydrogen-bond donors (Lipinski definition) is 1. The standard InChI is InChI=1S/C11H14Cl2N2O2S/c1-7-11(14)4-5-15(7)18(16,17)8-2-3-9(12)10(13)6-8/h2-3,6-7,11H,4-5,14H2,1H3. The van der Waals surface area contributed by atoms with Crippen molar-refractivity contribution in [3.63, 3.8) is 0 Å². The third kappa shape index (κ3) is 2.38. The summed E-state index contributed by atoms with van der Waals surface area (Å²) in [6.45, 7) is 2.25. The third-order valence-electron chi connectivity index (χ3n) is 3.25. The van der Waals surface area contributed by atoms with E-state index in [1.165, 1.54) is 22.5 Å². The fourth-order valence-electron chi connectivity index (χ4n) is 2.05. The molecule has 1 aromatic rings. The molecule has 1 aliphatic rings. The average Bonchev–Trinajstić information content (AvgIpc) is 2.64. The van der Waals surface area contributed by atoms with Crippen molar-refractivity contribution >= 4 is 33.2 Å². The maximum absolute atomic E-state index is 12.4. The molecule has 1 fully saturated rings. The zero-order chi connectivity index (χ0) is 13.5. The molecule has 1 heterocycles. The Labute approximate surface area is 117 Å². The van der Waals surface area contributed by atoms with Crippen LogP contribution in [0.5, 0.6) is 0 Å². The van der Waals surface area contributed by atoms with Gasteiger partial charge in [-0.05, 0) is 31.5 Å². The lowest BCUT2D eigenvalue weighted by molar-refractivity contribution is 0.393. The predicted octanol–water partition coefficient (Wildman–Crippen LogP) is 2.10. The Hall–Kier alpha value is -0.330. The molecule has 2 N–H and O–H groups in total. The molecule has 4 nitrogen and oxygen atoms in total. The molecule has 1 aromatic carbocycles. The minimum atomic E-state index is -3.55. The second-order valence-electron chi connectivity index (χ2n) is 4.38. The van der Waals surface area contributed by atoms with Crippen LogP contribution < -0.4 is 5.73 Å².